The molecule has 0 spiro atoms. The molecule has 0 bridgehead atoms. The minimum Gasteiger partial charge on any atom is -0.483 e. The molecule has 6 nitrogen and oxygen atoms in total. The molecule has 0 saturated carbocycles. The van der Waals surface area contributed by atoms with Crippen LogP contribution in [0.2, 0.25) is 0 Å². The van der Waals surface area contributed by atoms with E-state index >= 15 is 0 Å². The fourth-order valence-corrected chi connectivity index (χ4v) is 2.43. The lowest BCUT2D eigenvalue weighted by atomic mass is 10.1. The van der Waals surface area contributed by atoms with Crippen molar-refractivity contribution in [1.82, 2.24) is 14.6 Å². The maximum absolute atomic E-state index is 12.1. The lowest BCUT2D eigenvalue weighted by Gasteiger charge is -2.12. The summed E-state index contributed by atoms with van der Waals surface area (Å²) in [6.45, 7) is 5.70. The van der Waals surface area contributed by atoms with Gasteiger partial charge in [0.25, 0.3) is 5.91 Å². The number of benzene rings is 1. The van der Waals surface area contributed by atoms with Crippen LogP contribution in [-0.2, 0) is 4.79 Å². The first kappa shape index (κ1) is 15.0. The largest absolute Gasteiger partial charge is 0.483 e. The lowest BCUT2D eigenvalue weighted by molar-refractivity contribution is -0.118. The van der Waals surface area contributed by atoms with Crippen LogP contribution in [0.4, 0.5) is 5.69 Å². The number of fused-ring (bicyclic) bond motifs is 1. The van der Waals surface area contributed by atoms with Crippen LogP contribution in [0.1, 0.15) is 17.0 Å². The lowest BCUT2D eigenvalue weighted by Crippen LogP contribution is -2.20. The highest BCUT2D eigenvalue weighted by Gasteiger charge is 2.08. The third kappa shape index (κ3) is 3.31. The van der Waals surface area contributed by atoms with Gasteiger partial charge in [0.1, 0.15) is 11.6 Å². The Morgan fingerprint density at radius 2 is 1.91 bits per heavy atom. The van der Waals surface area contributed by atoms with E-state index in [1.165, 1.54) is 0 Å². The number of para-hydroxylation sites is 1. The van der Waals surface area contributed by atoms with E-state index < -0.39 is 0 Å². The van der Waals surface area contributed by atoms with Crippen molar-refractivity contribution in [2.75, 3.05) is 11.9 Å². The van der Waals surface area contributed by atoms with E-state index in [1.54, 1.807) is 16.8 Å². The van der Waals surface area contributed by atoms with E-state index in [-0.39, 0.29) is 12.5 Å². The Morgan fingerprint density at radius 1 is 1.17 bits per heavy atom. The molecule has 23 heavy (non-hydrogen) atoms. The van der Waals surface area contributed by atoms with Crippen LogP contribution < -0.4 is 10.1 Å². The zero-order chi connectivity index (χ0) is 16.4. The van der Waals surface area contributed by atoms with Crippen LogP contribution in [0, 0.1) is 20.8 Å². The molecule has 3 rings (SSSR count). The number of nitrogens with one attached hydrogen (secondary N) is 1. The summed E-state index contributed by atoms with van der Waals surface area (Å²) < 4.78 is 7.28. The zero-order valence-electron chi connectivity index (χ0n) is 13.3. The average molecular weight is 310 g/mol. The smallest absolute Gasteiger partial charge is 0.262 e. The van der Waals surface area contributed by atoms with Crippen molar-refractivity contribution in [3.63, 3.8) is 0 Å². The van der Waals surface area contributed by atoms with Crippen LogP contribution in [0.25, 0.3) is 5.65 Å². The van der Waals surface area contributed by atoms with E-state index in [0.717, 1.165) is 22.5 Å². The van der Waals surface area contributed by atoms with E-state index in [0.29, 0.717) is 11.5 Å². The van der Waals surface area contributed by atoms with Gasteiger partial charge in [-0.15, -0.1) is 0 Å². The standard InChI is InChI=1S/C17H18N4O2/c1-11-5-4-6-12(2)17(11)23-10-16(22)19-14-7-8-15-18-13(3)20-21(15)9-14/h4-9H,10H2,1-3H3,(H,19,22). The molecule has 0 aliphatic rings. The molecule has 118 valence electrons. The maximum atomic E-state index is 12.1. The number of anilines is 1. The van der Waals surface area contributed by atoms with Gasteiger partial charge in [0.2, 0.25) is 0 Å². The monoisotopic (exact) mass is 310 g/mol. The van der Waals surface area contributed by atoms with E-state index in [1.807, 2.05) is 45.0 Å². The molecule has 0 aliphatic carbocycles. The summed E-state index contributed by atoms with van der Waals surface area (Å²) in [7, 11) is 0. The highest BCUT2D eigenvalue weighted by Crippen LogP contribution is 2.22. The molecule has 0 atom stereocenters. The SMILES string of the molecule is Cc1nc2ccc(NC(=O)COc3c(C)cccc3C)cn2n1. The van der Waals surface area contributed by atoms with E-state index in [4.69, 9.17) is 4.74 Å². The van der Waals surface area contributed by atoms with Gasteiger partial charge in [-0.1, -0.05) is 18.2 Å². The van der Waals surface area contributed by atoms with Crippen molar-refractivity contribution in [3.8, 4) is 5.75 Å². The molecule has 0 fully saturated rings. The Bertz CT molecular complexity index is 850. The average Bonchev–Trinajstić information content (AvgIpc) is 2.86. The summed E-state index contributed by atoms with van der Waals surface area (Å²) in [5, 5.41) is 7.02. The fraction of sp³-hybridized carbons (Fsp3) is 0.235. The van der Waals surface area contributed by atoms with Crippen molar-refractivity contribution >= 4 is 17.2 Å². The first-order valence-corrected chi connectivity index (χ1v) is 7.35. The maximum Gasteiger partial charge on any atom is 0.262 e. The van der Waals surface area contributed by atoms with Crippen LogP contribution in [0.3, 0.4) is 0 Å². The van der Waals surface area contributed by atoms with Gasteiger partial charge < -0.3 is 10.1 Å². The Labute approximate surface area is 134 Å². The summed E-state index contributed by atoms with van der Waals surface area (Å²) >= 11 is 0. The Morgan fingerprint density at radius 3 is 2.65 bits per heavy atom. The highest BCUT2D eigenvalue weighted by molar-refractivity contribution is 5.91. The van der Waals surface area contributed by atoms with Crippen LogP contribution in [-0.4, -0.2) is 27.1 Å². The van der Waals surface area contributed by atoms with Gasteiger partial charge in [0, 0.05) is 0 Å². The minimum atomic E-state index is -0.219. The molecule has 0 aliphatic heterocycles. The Balaban J connectivity index is 1.66. The molecule has 1 aromatic carbocycles. The second-order valence-corrected chi connectivity index (χ2v) is 5.44. The van der Waals surface area contributed by atoms with Crippen molar-refractivity contribution in [2.45, 2.75) is 20.8 Å². The van der Waals surface area contributed by atoms with Crippen molar-refractivity contribution in [3.05, 3.63) is 53.5 Å². The second-order valence-electron chi connectivity index (χ2n) is 5.44. The normalized spacial score (nSPS) is 10.7. The summed E-state index contributed by atoms with van der Waals surface area (Å²) in [5.41, 5.74) is 3.42. The molecule has 1 N–H and O–H groups in total. The number of carbonyl (C=O) groups is 1. The number of carbonyl (C=O) groups excluding carboxylic acids is 1. The number of rotatable bonds is 4. The molecule has 6 heteroatoms. The van der Waals surface area contributed by atoms with Gasteiger partial charge in [-0.2, -0.15) is 5.10 Å². The molecular formula is C17H18N4O2. The topological polar surface area (TPSA) is 68.5 Å². The van der Waals surface area contributed by atoms with Crippen LogP contribution in [0.15, 0.2) is 36.5 Å². The molecule has 2 heterocycles. The zero-order valence-corrected chi connectivity index (χ0v) is 13.3. The van der Waals surface area contributed by atoms with Crippen molar-refractivity contribution in [2.24, 2.45) is 0 Å². The van der Waals surface area contributed by atoms with Gasteiger partial charge in [0.05, 0.1) is 11.9 Å². The number of pyridine rings is 1. The van der Waals surface area contributed by atoms with Gasteiger partial charge >= 0.3 is 0 Å². The summed E-state index contributed by atoms with van der Waals surface area (Å²) in [6, 6.07) is 9.48. The molecule has 0 saturated heterocycles. The number of nitrogens with zero attached hydrogens (tertiary/aromatic N) is 3. The van der Waals surface area contributed by atoms with Crippen molar-refractivity contribution in [1.29, 1.82) is 0 Å². The number of hydrogen-bond donors (Lipinski definition) is 1. The Kier molecular flexibility index (Phi) is 3.97. The predicted octanol–water partition coefficient (Wildman–Crippen LogP) is 2.67. The quantitative estimate of drug-likeness (QED) is 0.804. The summed E-state index contributed by atoms with van der Waals surface area (Å²) in [4.78, 5) is 16.3. The highest BCUT2D eigenvalue weighted by atomic mass is 16.5. The molecule has 0 unspecified atom stereocenters. The van der Waals surface area contributed by atoms with Crippen molar-refractivity contribution < 1.29 is 9.53 Å². The molecule has 1 amide bonds. The van der Waals surface area contributed by atoms with Crippen LogP contribution in [0.5, 0.6) is 5.75 Å². The number of aromatic nitrogens is 3. The first-order chi connectivity index (χ1) is 11.0. The summed E-state index contributed by atoms with van der Waals surface area (Å²) in [5.74, 6) is 1.22. The number of amides is 1. The number of aryl methyl sites for hydroxylation is 3. The first-order valence-electron chi connectivity index (χ1n) is 7.35. The summed E-state index contributed by atoms with van der Waals surface area (Å²) in [6.07, 6.45) is 1.73. The van der Waals surface area contributed by atoms with Gasteiger partial charge in [-0.05, 0) is 44.0 Å². The second kappa shape index (κ2) is 6.08. The fourth-order valence-electron chi connectivity index (χ4n) is 2.43. The molecule has 3 aromatic rings. The Hall–Kier alpha value is -2.89. The molecular weight excluding hydrogens is 292 g/mol. The van der Waals surface area contributed by atoms with Gasteiger partial charge in [-0.25, -0.2) is 9.50 Å². The molecule has 2 aromatic heterocycles. The van der Waals surface area contributed by atoms with E-state index in [9.17, 15) is 4.79 Å². The van der Waals surface area contributed by atoms with Gasteiger partial charge in [-0.3, -0.25) is 4.79 Å². The molecule has 0 radical (unpaired) electrons. The third-order valence-electron chi connectivity index (χ3n) is 3.48. The predicted molar refractivity (Wildman–Crippen MR) is 87.8 cm³/mol. The van der Waals surface area contributed by atoms with E-state index in [2.05, 4.69) is 15.4 Å². The number of hydrogen-bond acceptors (Lipinski definition) is 4. The van der Waals surface area contributed by atoms with Crippen LogP contribution >= 0.6 is 0 Å². The number of ether oxygens (including phenoxy) is 1. The third-order valence-corrected chi connectivity index (χ3v) is 3.48. The minimum absolute atomic E-state index is 0.0416. The van der Waals surface area contributed by atoms with Gasteiger partial charge in [0.15, 0.2) is 12.3 Å².